The first-order valence-electron chi connectivity index (χ1n) is 4.99. The lowest BCUT2D eigenvalue weighted by atomic mass is 10.0. The zero-order chi connectivity index (χ0) is 10.1. The molecule has 74 valence electrons. The van der Waals surface area contributed by atoms with Gasteiger partial charge in [0.05, 0.1) is 4.92 Å². The summed E-state index contributed by atoms with van der Waals surface area (Å²) in [5, 5.41) is 10.8. The van der Waals surface area contributed by atoms with Crippen molar-refractivity contribution in [2.24, 2.45) is 0 Å². The fourth-order valence-electron chi connectivity index (χ4n) is 1.71. The minimum atomic E-state index is -0.257. The lowest BCUT2D eigenvalue weighted by Gasteiger charge is -2.02. The first-order chi connectivity index (χ1) is 6.72. The Bertz CT molecular complexity index is 370. The van der Waals surface area contributed by atoms with E-state index in [4.69, 9.17) is 0 Å². The van der Waals surface area contributed by atoms with Gasteiger partial charge < -0.3 is 0 Å². The molecule has 2 rings (SSSR count). The van der Waals surface area contributed by atoms with Gasteiger partial charge in [-0.3, -0.25) is 10.1 Å². The van der Waals surface area contributed by atoms with Gasteiger partial charge in [-0.25, -0.2) is 0 Å². The molecule has 0 bridgehead atoms. The van der Waals surface area contributed by atoms with Crippen molar-refractivity contribution in [2.75, 3.05) is 0 Å². The van der Waals surface area contributed by atoms with Gasteiger partial charge in [0.1, 0.15) is 0 Å². The Kier molecular flexibility index (Phi) is 2.23. The van der Waals surface area contributed by atoms with Crippen LogP contribution in [0.4, 0.5) is 5.69 Å². The number of nitro benzene ring substituents is 1. The third kappa shape index (κ3) is 1.62. The molecule has 14 heavy (non-hydrogen) atoms. The Labute approximate surface area is 82.9 Å². The Morgan fingerprint density at radius 2 is 2.21 bits per heavy atom. The number of hydrogen-bond acceptors (Lipinski definition) is 2. The first kappa shape index (κ1) is 9.19. The summed E-state index contributed by atoms with van der Waals surface area (Å²) in [4.78, 5) is 10.6. The van der Waals surface area contributed by atoms with Crippen molar-refractivity contribution in [3.63, 3.8) is 0 Å². The standard InChI is InChI=1S/C11H13NO2/c1-2-8-3-6-10(9-4-5-9)11(7-8)12(13)14/h3,6-7,9H,2,4-5H2,1H3. The van der Waals surface area contributed by atoms with E-state index in [1.807, 2.05) is 19.1 Å². The molecule has 1 fully saturated rings. The molecule has 0 amide bonds. The van der Waals surface area contributed by atoms with Crippen molar-refractivity contribution >= 4 is 5.69 Å². The molecular weight excluding hydrogens is 178 g/mol. The SMILES string of the molecule is CCc1ccc(C2CC2)c([N+](=O)[O-])c1. The molecule has 1 aliphatic carbocycles. The molecule has 0 heterocycles. The summed E-state index contributed by atoms with van der Waals surface area (Å²) in [6.07, 6.45) is 3.06. The summed E-state index contributed by atoms with van der Waals surface area (Å²) in [6, 6.07) is 5.64. The largest absolute Gasteiger partial charge is 0.273 e. The first-order valence-corrected chi connectivity index (χ1v) is 4.99. The molecule has 0 aromatic heterocycles. The summed E-state index contributed by atoms with van der Waals surface area (Å²) in [7, 11) is 0. The van der Waals surface area contributed by atoms with Crippen molar-refractivity contribution in [1.82, 2.24) is 0 Å². The van der Waals surface area contributed by atoms with Crippen LogP contribution in [0.3, 0.4) is 0 Å². The van der Waals surface area contributed by atoms with Crippen LogP contribution in [0.2, 0.25) is 0 Å². The molecule has 3 heteroatoms. The van der Waals surface area contributed by atoms with Crippen LogP contribution >= 0.6 is 0 Å². The normalized spacial score (nSPS) is 15.5. The molecular formula is C11H13NO2. The molecule has 0 N–H and O–H groups in total. The van der Waals surface area contributed by atoms with Gasteiger partial charge in [-0.05, 0) is 30.7 Å². The van der Waals surface area contributed by atoms with E-state index in [1.54, 1.807) is 6.07 Å². The quantitative estimate of drug-likeness (QED) is 0.544. The highest BCUT2D eigenvalue weighted by atomic mass is 16.6. The third-order valence-corrected chi connectivity index (χ3v) is 2.72. The predicted octanol–water partition coefficient (Wildman–Crippen LogP) is 3.03. The minimum absolute atomic E-state index is 0.257. The lowest BCUT2D eigenvalue weighted by molar-refractivity contribution is -0.385. The predicted molar refractivity (Wildman–Crippen MR) is 54.4 cm³/mol. The number of aryl methyl sites for hydroxylation is 1. The summed E-state index contributed by atoms with van der Waals surface area (Å²) >= 11 is 0. The van der Waals surface area contributed by atoms with Crippen LogP contribution < -0.4 is 0 Å². The molecule has 1 aromatic carbocycles. The van der Waals surface area contributed by atoms with E-state index >= 15 is 0 Å². The second-order valence-corrected chi connectivity index (χ2v) is 3.78. The second kappa shape index (κ2) is 3.40. The van der Waals surface area contributed by atoms with E-state index in [0.717, 1.165) is 30.4 Å². The number of benzene rings is 1. The Hall–Kier alpha value is -1.38. The van der Waals surface area contributed by atoms with Gasteiger partial charge in [-0.2, -0.15) is 0 Å². The van der Waals surface area contributed by atoms with Crippen LogP contribution in [0, 0.1) is 10.1 Å². The summed E-state index contributed by atoms with van der Waals surface area (Å²) < 4.78 is 0. The van der Waals surface area contributed by atoms with Crippen LogP contribution in [0.1, 0.15) is 36.8 Å². The zero-order valence-corrected chi connectivity index (χ0v) is 8.19. The molecule has 0 radical (unpaired) electrons. The molecule has 1 saturated carbocycles. The summed E-state index contributed by atoms with van der Waals surface area (Å²) in [5.41, 5.74) is 2.28. The molecule has 1 aromatic rings. The smallest absolute Gasteiger partial charge is 0.258 e. The van der Waals surface area contributed by atoms with E-state index in [2.05, 4.69) is 0 Å². The number of nitrogens with zero attached hydrogens (tertiary/aromatic N) is 1. The molecule has 0 atom stereocenters. The van der Waals surface area contributed by atoms with Gasteiger partial charge in [0.25, 0.3) is 5.69 Å². The molecule has 1 aliphatic rings. The van der Waals surface area contributed by atoms with Gasteiger partial charge in [-0.1, -0.05) is 19.1 Å². The van der Waals surface area contributed by atoms with E-state index in [0.29, 0.717) is 11.6 Å². The zero-order valence-electron chi connectivity index (χ0n) is 8.19. The average Bonchev–Trinajstić information content (AvgIpc) is 3.00. The van der Waals surface area contributed by atoms with E-state index < -0.39 is 0 Å². The van der Waals surface area contributed by atoms with Gasteiger partial charge >= 0.3 is 0 Å². The van der Waals surface area contributed by atoms with Crippen molar-refractivity contribution in [3.8, 4) is 0 Å². The summed E-state index contributed by atoms with van der Waals surface area (Å²) in [5.74, 6) is 0.446. The van der Waals surface area contributed by atoms with Gasteiger partial charge in [0, 0.05) is 11.6 Å². The van der Waals surface area contributed by atoms with Crippen molar-refractivity contribution < 1.29 is 4.92 Å². The maximum absolute atomic E-state index is 10.8. The molecule has 0 aliphatic heterocycles. The highest BCUT2D eigenvalue weighted by Crippen LogP contribution is 2.44. The maximum atomic E-state index is 10.8. The maximum Gasteiger partial charge on any atom is 0.273 e. The van der Waals surface area contributed by atoms with Crippen LogP contribution in [0.25, 0.3) is 0 Å². The molecule has 0 unspecified atom stereocenters. The topological polar surface area (TPSA) is 43.1 Å². The average molecular weight is 191 g/mol. The van der Waals surface area contributed by atoms with Crippen molar-refractivity contribution in [3.05, 3.63) is 39.4 Å². The molecule has 0 spiro atoms. The molecule has 3 nitrogen and oxygen atoms in total. The van der Waals surface area contributed by atoms with Gasteiger partial charge in [0.15, 0.2) is 0 Å². The third-order valence-electron chi connectivity index (χ3n) is 2.72. The van der Waals surface area contributed by atoms with Crippen molar-refractivity contribution in [2.45, 2.75) is 32.1 Å². The minimum Gasteiger partial charge on any atom is -0.258 e. The van der Waals surface area contributed by atoms with Gasteiger partial charge in [-0.15, -0.1) is 0 Å². The van der Waals surface area contributed by atoms with E-state index in [9.17, 15) is 10.1 Å². The summed E-state index contributed by atoms with van der Waals surface area (Å²) in [6.45, 7) is 2.01. The van der Waals surface area contributed by atoms with Crippen LogP contribution in [0.5, 0.6) is 0 Å². The molecule has 0 saturated heterocycles. The number of hydrogen-bond donors (Lipinski definition) is 0. The van der Waals surface area contributed by atoms with Crippen LogP contribution in [-0.4, -0.2) is 4.92 Å². The van der Waals surface area contributed by atoms with Gasteiger partial charge in [0.2, 0.25) is 0 Å². The van der Waals surface area contributed by atoms with E-state index in [-0.39, 0.29) is 4.92 Å². The second-order valence-electron chi connectivity index (χ2n) is 3.78. The highest BCUT2D eigenvalue weighted by molar-refractivity contribution is 5.47. The van der Waals surface area contributed by atoms with Crippen LogP contribution in [0.15, 0.2) is 18.2 Å². The monoisotopic (exact) mass is 191 g/mol. The van der Waals surface area contributed by atoms with Crippen molar-refractivity contribution in [1.29, 1.82) is 0 Å². The number of nitro groups is 1. The Morgan fingerprint density at radius 3 is 2.71 bits per heavy atom. The fourth-order valence-corrected chi connectivity index (χ4v) is 1.71. The fraction of sp³-hybridized carbons (Fsp3) is 0.455. The Balaban J connectivity index is 2.43. The van der Waals surface area contributed by atoms with Crippen LogP contribution in [-0.2, 0) is 6.42 Å². The Morgan fingerprint density at radius 1 is 1.50 bits per heavy atom. The highest BCUT2D eigenvalue weighted by Gasteiger charge is 2.30. The van der Waals surface area contributed by atoms with E-state index in [1.165, 1.54) is 0 Å². The lowest BCUT2D eigenvalue weighted by Crippen LogP contribution is -1.95. The number of rotatable bonds is 3.